The number of ether oxygens (including phenoxy) is 2. The molecule has 0 fully saturated rings. The summed E-state index contributed by atoms with van der Waals surface area (Å²) < 4.78 is 62.6. The lowest BCUT2D eigenvalue weighted by Gasteiger charge is -2.23. The normalized spacial score (nSPS) is 15.0. The van der Waals surface area contributed by atoms with Crippen molar-refractivity contribution in [2.45, 2.75) is 90.9 Å². The molecule has 4 aromatic carbocycles. The SMILES string of the molecule is C=C.COc1cc(CC[C@@H](C)N2Cc3cc(C)c(F)cc3C2)ccc1O.COc1cc(CC[C@@H](C)N2Cc3ccc(C(F)(F)F)cc3C2)ccc1O. The van der Waals surface area contributed by atoms with Gasteiger partial charge in [0.25, 0.3) is 0 Å². The molecule has 2 aliphatic heterocycles. The van der Waals surface area contributed by atoms with E-state index in [4.69, 9.17) is 9.47 Å². The number of methoxy groups -OCH3 is 2. The molecule has 0 saturated carbocycles. The topological polar surface area (TPSA) is 65.4 Å². The number of halogens is 4. The van der Waals surface area contributed by atoms with E-state index in [1.165, 1.54) is 18.7 Å². The van der Waals surface area contributed by atoms with Crippen molar-refractivity contribution < 1.29 is 37.2 Å². The van der Waals surface area contributed by atoms with Gasteiger partial charge in [-0.05, 0) is 128 Å². The van der Waals surface area contributed by atoms with Crippen LogP contribution in [-0.4, -0.2) is 46.3 Å². The van der Waals surface area contributed by atoms with Crippen LogP contribution in [0.5, 0.6) is 23.0 Å². The summed E-state index contributed by atoms with van der Waals surface area (Å²) in [5.74, 6) is 1.13. The van der Waals surface area contributed by atoms with Crippen molar-refractivity contribution in [3.8, 4) is 23.0 Å². The fourth-order valence-corrected chi connectivity index (χ4v) is 6.66. The molecule has 0 bridgehead atoms. The van der Waals surface area contributed by atoms with Gasteiger partial charge in [0.15, 0.2) is 23.0 Å². The van der Waals surface area contributed by atoms with E-state index in [9.17, 15) is 27.8 Å². The number of hydrogen-bond acceptors (Lipinski definition) is 6. The van der Waals surface area contributed by atoms with Crippen LogP contribution < -0.4 is 9.47 Å². The van der Waals surface area contributed by atoms with Crippen LogP contribution in [0, 0.1) is 12.7 Å². The number of fused-ring (bicyclic) bond motifs is 2. The van der Waals surface area contributed by atoms with Crippen molar-refractivity contribution in [2.75, 3.05) is 14.2 Å². The molecular formula is C42H50F4N2O4. The standard InChI is InChI=1S/C20H22F3NO2.C20H24FNO2.C2H4/c1-13(3-4-14-5-8-18(25)19(9-14)26-2)24-11-15-6-7-17(20(21,22)23)10-16(15)12-24;1-13-8-16-11-22(12-17(16)10-18(13)21)14(2)4-5-15-6-7-19(23)20(9-15)24-3;1-2/h5-10,13,25H,3-4,11-12H2,1-2H3;6-10,14,23H,4-5,11-12H2,1-3H3;1-2H2/t13-;14-;/m11./s1. The Morgan fingerprint density at radius 2 is 1.12 bits per heavy atom. The van der Waals surface area contributed by atoms with Crippen LogP contribution in [0.4, 0.5) is 17.6 Å². The van der Waals surface area contributed by atoms with Crippen molar-refractivity contribution in [1.29, 1.82) is 0 Å². The van der Waals surface area contributed by atoms with Crippen LogP contribution in [-0.2, 0) is 45.2 Å². The summed E-state index contributed by atoms with van der Waals surface area (Å²) in [6.45, 7) is 15.0. The number of hydrogen-bond donors (Lipinski definition) is 2. The summed E-state index contributed by atoms with van der Waals surface area (Å²) >= 11 is 0. The number of benzene rings is 4. The maximum Gasteiger partial charge on any atom is 0.416 e. The Hall–Kier alpha value is -4.54. The maximum atomic E-state index is 13.7. The number of rotatable bonds is 10. The van der Waals surface area contributed by atoms with Gasteiger partial charge >= 0.3 is 6.18 Å². The number of phenolic OH excluding ortho intramolecular Hbond substituents is 2. The number of phenols is 2. The molecule has 0 aliphatic carbocycles. The van der Waals surface area contributed by atoms with Gasteiger partial charge in [-0.2, -0.15) is 13.2 Å². The first-order valence-corrected chi connectivity index (χ1v) is 17.4. The summed E-state index contributed by atoms with van der Waals surface area (Å²) in [4.78, 5) is 4.59. The average molecular weight is 723 g/mol. The van der Waals surface area contributed by atoms with Gasteiger partial charge < -0.3 is 19.7 Å². The first kappa shape index (κ1) is 40.2. The largest absolute Gasteiger partial charge is 0.504 e. The highest BCUT2D eigenvalue weighted by Crippen LogP contribution is 2.35. The molecule has 0 aromatic heterocycles. The summed E-state index contributed by atoms with van der Waals surface area (Å²) in [6.07, 6.45) is -0.708. The zero-order chi connectivity index (χ0) is 38.2. The molecule has 10 heteroatoms. The Labute approximate surface area is 304 Å². The van der Waals surface area contributed by atoms with Crippen molar-refractivity contribution in [1.82, 2.24) is 9.80 Å². The van der Waals surface area contributed by atoms with Crippen molar-refractivity contribution >= 4 is 0 Å². The molecule has 6 nitrogen and oxygen atoms in total. The molecule has 280 valence electrons. The second-order valence-corrected chi connectivity index (χ2v) is 13.4. The molecule has 52 heavy (non-hydrogen) atoms. The second kappa shape index (κ2) is 17.8. The van der Waals surface area contributed by atoms with Gasteiger partial charge in [-0.1, -0.05) is 24.3 Å². The zero-order valence-corrected chi connectivity index (χ0v) is 30.7. The van der Waals surface area contributed by atoms with Crippen LogP contribution in [0.25, 0.3) is 0 Å². The number of aryl methyl sites for hydroxylation is 3. The smallest absolute Gasteiger partial charge is 0.416 e. The van der Waals surface area contributed by atoms with E-state index in [1.807, 2.05) is 37.3 Å². The Balaban J connectivity index is 0.000000223. The predicted molar refractivity (Wildman–Crippen MR) is 197 cm³/mol. The highest BCUT2D eigenvalue weighted by molar-refractivity contribution is 5.43. The lowest BCUT2D eigenvalue weighted by atomic mass is 10.0. The van der Waals surface area contributed by atoms with Crippen molar-refractivity contribution in [3.05, 3.63) is 130 Å². The monoisotopic (exact) mass is 722 g/mol. The number of aromatic hydroxyl groups is 2. The lowest BCUT2D eigenvalue weighted by Crippen LogP contribution is -2.28. The van der Waals surface area contributed by atoms with Gasteiger partial charge in [0, 0.05) is 38.3 Å². The van der Waals surface area contributed by atoms with Gasteiger partial charge in [-0.25, -0.2) is 4.39 Å². The highest BCUT2D eigenvalue weighted by atomic mass is 19.4. The molecule has 0 saturated heterocycles. The molecule has 2 atom stereocenters. The zero-order valence-electron chi connectivity index (χ0n) is 30.7. The van der Waals surface area contributed by atoms with Gasteiger partial charge in [-0.3, -0.25) is 9.80 Å². The summed E-state index contributed by atoms with van der Waals surface area (Å²) in [5.41, 5.74) is 6.43. The molecule has 2 heterocycles. The van der Waals surface area contributed by atoms with Crippen LogP contribution in [0.2, 0.25) is 0 Å². The Morgan fingerprint density at radius 3 is 1.58 bits per heavy atom. The molecule has 4 aromatic rings. The first-order chi connectivity index (χ1) is 24.7. The molecule has 2 N–H and O–H groups in total. The summed E-state index contributed by atoms with van der Waals surface area (Å²) in [6, 6.07) is 19.1. The van der Waals surface area contributed by atoms with E-state index < -0.39 is 11.7 Å². The van der Waals surface area contributed by atoms with Gasteiger partial charge in [0.1, 0.15) is 5.82 Å². The predicted octanol–water partition coefficient (Wildman–Crippen LogP) is 9.74. The van der Waals surface area contributed by atoms with Crippen LogP contribution >= 0.6 is 0 Å². The molecule has 2 aliphatic rings. The lowest BCUT2D eigenvalue weighted by molar-refractivity contribution is -0.137. The van der Waals surface area contributed by atoms with Gasteiger partial charge in [0.05, 0.1) is 19.8 Å². The van der Waals surface area contributed by atoms with Gasteiger partial charge in [0.2, 0.25) is 0 Å². The highest BCUT2D eigenvalue weighted by Gasteiger charge is 2.33. The van der Waals surface area contributed by atoms with E-state index in [2.05, 4.69) is 36.8 Å². The quantitative estimate of drug-likeness (QED) is 0.126. The van der Waals surface area contributed by atoms with Crippen molar-refractivity contribution in [3.63, 3.8) is 0 Å². The van der Waals surface area contributed by atoms with Crippen LogP contribution in [0.1, 0.15) is 71.2 Å². The minimum absolute atomic E-state index is 0.111. The van der Waals surface area contributed by atoms with Crippen molar-refractivity contribution in [2.24, 2.45) is 0 Å². The average Bonchev–Trinajstić information content (AvgIpc) is 3.75. The fraction of sp³-hybridized carbons (Fsp3) is 0.381. The molecule has 0 radical (unpaired) electrons. The van der Waals surface area contributed by atoms with Gasteiger partial charge in [-0.15, -0.1) is 13.2 Å². The third-order valence-electron chi connectivity index (χ3n) is 9.94. The summed E-state index contributed by atoms with van der Waals surface area (Å²) in [7, 11) is 3.07. The minimum atomic E-state index is -4.30. The van der Waals surface area contributed by atoms with E-state index >= 15 is 0 Å². The van der Waals surface area contributed by atoms with Crippen LogP contribution in [0.15, 0.2) is 79.9 Å². The number of nitrogens with zero attached hydrogens (tertiary/aromatic N) is 2. The van der Waals surface area contributed by atoms with E-state index in [-0.39, 0.29) is 23.4 Å². The molecule has 6 rings (SSSR count). The van der Waals surface area contributed by atoms with E-state index in [0.29, 0.717) is 30.6 Å². The Morgan fingerprint density at radius 1 is 0.673 bits per heavy atom. The molecule has 0 unspecified atom stereocenters. The third kappa shape index (κ3) is 10.1. The second-order valence-electron chi connectivity index (χ2n) is 13.4. The maximum absolute atomic E-state index is 13.7. The molecule has 0 amide bonds. The molecular weight excluding hydrogens is 672 g/mol. The Bertz CT molecular complexity index is 1780. The Kier molecular flexibility index (Phi) is 13.8. The first-order valence-electron chi connectivity index (χ1n) is 17.4. The van der Waals surface area contributed by atoms with Crippen LogP contribution in [0.3, 0.4) is 0 Å². The third-order valence-corrected chi connectivity index (χ3v) is 9.94. The number of alkyl halides is 3. The molecule has 0 spiro atoms. The summed E-state index contributed by atoms with van der Waals surface area (Å²) in [5, 5.41) is 19.3. The minimum Gasteiger partial charge on any atom is -0.504 e. The van der Waals surface area contributed by atoms with E-state index in [1.54, 1.807) is 31.4 Å². The van der Waals surface area contributed by atoms with E-state index in [0.717, 1.165) is 78.2 Å². The fourth-order valence-electron chi connectivity index (χ4n) is 6.66.